The highest BCUT2D eigenvalue weighted by Crippen LogP contribution is 2.29. The lowest BCUT2D eigenvalue weighted by atomic mass is 10.2. The van der Waals surface area contributed by atoms with Gasteiger partial charge in [-0.1, -0.05) is 30.0 Å². The summed E-state index contributed by atoms with van der Waals surface area (Å²) in [5, 5.41) is 19.3. The van der Waals surface area contributed by atoms with E-state index in [1.54, 1.807) is 0 Å². The van der Waals surface area contributed by atoms with Crippen LogP contribution in [0, 0.1) is 0 Å². The number of aromatic nitrogens is 6. The van der Waals surface area contributed by atoms with Crippen molar-refractivity contribution in [3.05, 3.63) is 24.3 Å². The number of hydrogen-bond acceptors (Lipinski definition) is 9. The van der Waals surface area contributed by atoms with E-state index in [9.17, 15) is 4.79 Å². The maximum absolute atomic E-state index is 12.0. The Balaban J connectivity index is 1.60. The molecule has 4 rings (SSSR count). The van der Waals surface area contributed by atoms with Crippen LogP contribution in [-0.4, -0.2) is 41.7 Å². The molecular weight excluding hydrogens is 368 g/mol. The Morgan fingerprint density at radius 1 is 1.30 bits per heavy atom. The Kier molecular flexibility index (Phi) is 4.36. The smallest absolute Gasteiger partial charge is 0.236 e. The molecule has 3 heterocycles. The zero-order chi connectivity index (χ0) is 19.0. The number of benzene rings is 1. The van der Waals surface area contributed by atoms with E-state index < -0.39 is 0 Å². The number of nitrogen functional groups attached to an aromatic ring is 1. The minimum atomic E-state index is -0.324. The fraction of sp³-hybridized carbons (Fsp3) is 0.250. The van der Waals surface area contributed by atoms with E-state index in [1.165, 1.54) is 11.8 Å². The molecule has 0 unspecified atom stereocenters. The summed E-state index contributed by atoms with van der Waals surface area (Å²) in [7, 11) is 0. The van der Waals surface area contributed by atoms with Crippen molar-refractivity contribution in [1.29, 1.82) is 0 Å². The summed E-state index contributed by atoms with van der Waals surface area (Å²) in [6.45, 7) is 4.18. The molecule has 0 spiro atoms. The van der Waals surface area contributed by atoms with Gasteiger partial charge in [0.15, 0.2) is 5.65 Å². The predicted molar refractivity (Wildman–Crippen MR) is 101 cm³/mol. The monoisotopic (exact) mass is 384 g/mol. The second-order valence-electron chi connectivity index (χ2n) is 6.08. The number of nitrogens with zero attached hydrogens (tertiary/aromatic N) is 6. The first-order valence-electron chi connectivity index (χ1n) is 8.18. The minimum Gasteiger partial charge on any atom is -0.378 e. The van der Waals surface area contributed by atoms with Gasteiger partial charge < -0.3 is 15.6 Å². The Morgan fingerprint density at radius 2 is 2.11 bits per heavy atom. The molecular formula is C16H16N8O2S. The van der Waals surface area contributed by atoms with Crippen molar-refractivity contribution < 1.29 is 9.42 Å². The fourth-order valence-corrected chi connectivity index (χ4v) is 3.39. The number of anilines is 2. The lowest BCUT2D eigenvalue weighted by Gasteiger charge is -2.10. The molecule has 4 aromatic rings. The van der Waals surface area contributed by atoms with Crippen molar-refractivity contribution in [2.75, 3.05) is 16.8 Å². The van der Waals surface area contributed by atoms with Crippen LogP contribution < -0.4 is 11.1 Å². The molecule has 3 aromatic heterocycles. The molecule has 0 fully saturated rings. The van der Waals surface area contributed by atoms with Crippen molar-refractivity contribution >= 4 is 51.4 Å². The van der Waals surface area contributed by atoms with Gasteiger partial charge in [-0.3, -0.25) is 4.79 Å². The first kappa shape index (κ1) is 17.2. The lowest BCUT2D eigenvalue weighted by Crippen LogP contribution is -2.15. The molecule has 0 radical (unpaired) electrons. The van der Waals surface area contributed by atoms with E-state index in [4.69, 9.17) is 5.73 Å². The summed E-state index contributed by atoms with van der Waals surface area (Å²) in [4.78, 5) is 16.7. The predicted octanol–water partition coefficient (Wildman–Crippen LogP) is 2.26. The van der Waals surface area contributed by atoms with Crippen LogP contribution in [0.1, 0.15) is 19.9 Å². The van der Waals surface area contributed by atoms with E-state index in [0.717, 1.165) is 22.1 Å². The van der Waals surface area contributed by atoms with Gasteiger partial charge in [0.05, 0.1) is 11.3 Å². The molecule has 10 nitrogen and oxygen atoms in total. The second kappa shape index (κ2) is 6.83. The van der Waals surface area contributed by atoms with Crippen LogP contribution in [0.5, 0.6) is 0 Å². The highest BCUT2D eigenvalue weighted by Gasteiger charge is 2.17. The van der Waals surface area contributed by atoms with E-state index in [0.29, 0.717) is 5.16 Å². The summed E-state index contributed by atoms with van der Waals surface area (Å²) in [6, 6.07) is 8.19. The molecule has 0 aliphatic rings. The number of carbonyl (C=O) groups excluding carboxylic acids is 1. The highest BCUT2D eigenvalue weighted by atomic mass is 32.2. The van der Waals surface area contributed by atoms with Gasteiger partial charge in [-0.05, 0) is 30.2 Å². The Hall–Kier alpha value is -3.21. The fourth-order valence-electron chi connectivity index (χ4n) is 2.81. The van der Waals surface area contributed by atoms with Gasteiger partial charge >= 0.3 is 0 Å². The van der Waals surface area contributed by atoms with Crippen LogP contribution in [-0.2, 0) is 4.79 Å². The molecule has 0 atom stereocenters. The number of fused-ring (bicyclic) bond motifs is 3. The topological polar surface area (TPSA) is 138 Å². The van der Waals surface area contributed by atoms with Gasteiger partial charge in [0.25, 0.3) is 0 Å². The molecule has 0 aliphatic heterocycles. The number of carbonyl (C=O) groups is 1. The zero-order valence-electron chi connectivity index (χ0n) is 14.6. The SMILES string of the molecule is CC(C)n1c2ccccc2c2nnc(SCC(=O)Nc3nonc3N)nc21. The van der Waals surface area contributed by atoms with Gasteiger partial charge in [-0.15, -0.1) is 10.2 Å². The molecule has 1 amide bonds. The van der Waals surface area contributed by atoms with Crippen molar-refractivity contribution in [2.24, 2.45) is 0 Å². The average molecular weight is 384 g/mol. The number of para-hydroxylation sites is 1. The van der Waals surface area contributed by atoms with Gasteiger partial charge in [-0.2, -0.15) is 0 Å². The van der Waals surface area contributed by atoms with E-state index in [-0.39, 0.29) is 29.3 Å². The Morgan fingerprint density at radius 3 is 2.85 bits per heavy atom. The van der Waals surface area contributed by atoms with Gasteiger partial charge in [0.2, 0.25) is 22.7 Å². The third kappa shape index (κ3) is 3.16. The minimum absolute atomic E-state index is 0.0223. The molecule has 27 heavy (non-hydrogen) atoms. The molecule has 3 N–H and O–H groups in total. The number of nitrogens with two attached hydrogens (primary N) is 1. The summed E-state index contributed by atoms with van der Waals surface area (Å²) < 4.78 is 6.55. The quantitative estimate of drug-likeness (QED) is 0.496. The van der Waals surface area contributed by atoms with Crippen LogP contribution in [0.15, 0.2) is 34.1 Å². The first-order chi connectivity index (χ1) is 13.0. The summed E-state index contributed by atoms with van der Waals surface area (Å²) in [5.41, 5.74) is 8.06. The van der Waals surface area contributed by atoms with Crippen LogP contribution in [0.2, 0.25) is 0 Å². The van der Waals surface area contributed by atoms with Crippen molar-refractivity contribution in [1.82, 2.24) is 30.1 Å². The molecule has 0 saturated carbocycles. The lowest BCUT2D eigenvalue weighted by molar-refractivity contribution is -0.113. The zero-order valence-corrected chi connectivity index (χ0v) is 15.4. The van der Waals surface area contributed by atoms with Gasteiger partial charge in [0, 0.05) is 11.4 Å². The van der Waals surface area contributed by atoms with Crippen LogP contribution in [0.4, 0.5) is 11.6 Å². The van der Waals surface area contributed by atoms with Gasteiger partial charge in [-0.25, -0.2) is 9.61 Å². The summed E-state index contributed by atoms with van der Waals surface area (Å²) in [5.74, 6) is -0.138. The van der Waals surface area contributed by atoms with Crippen molar-refractivity contribution in [3.8, 4) is 0 Å². The number of amides is 1. The van der Waals surface area contributed by atoms with Crippen molar-refractivity contribution in [2.45, 2.75) is 25.0 Å². The number of rotatable bonds is 5. The molecule has 1 aromatic carbocycles. The number of hydrogen-bond donors (Lipinski definition) is 2. The second-order valence-corrected chi connectivity index (χ2v) is 7.02. The molecule has 0 saturated heterocycles. The summed E-state index contributed by atoms with van der Waals surface area (Å²) >= 11 is 1.17. The van der Waals surface area contributed by atoms with E-state index in [2.05, 4.69) is 53.9 Å². The average Bonchev–Trinajstić information content (AvgIpc) is 3.20. The highest BCUT2D eigenvalue weighted by molar-refractivity contribution is 7.99. The van der Waals surface area contributed by atoms with Crippen molar-refractivity contribution in [3.63, 3.8) is 0 Å². The number of thioether (sulfide) groups is 1. The Bertz CT molecular complexity index is 1140. The number of nitrogens with one attached hydrogen (secondary N) is 1. The normalized spacial score (nSPS) is 11.5. The Labute approximate surface area is 157 Å². The van der Waals surface area contributed by atoms with Gasteiger partial charge in [0.1, 0.15) is 5.52 Å². The first-order valence-corrected chi connectivity index (χ1v) is 9.17. The van der Waals surface area contributed by atoms with Crippen LogP contribution in [0.3, 0.4) is 0 Å². The van der Waals surface area contributed by atoms with Crippen LogP contribution >= 0.6 is 11.8 Å². The third-order valence-corrected chi connectivity index (χ3v) is 4.75. The van der Waals surface area contributed by atoms with E-state index >= 15 is 0 Å². The molecule has 11 heteroatoms. The standard InChI is InChI=1S/C16H16N8O2S/c1-8(2)24-10-6-4-3-5-9(10)12-15(24)19-16(21-20-12)27-7-11(25)18-14-13(17)22-26-23-14/h3-6,8H,7H2,1-2H3,(H2,17,22)(H,18,23,25). The maximum Gasteiger partial charge on any atom is 0.236 e. The largest absolute Gasteiger partial charge is 0.378 e. The van der Waals surface area contributed by atoms with E-state index in [1.807, 2.05) is 24.3 Å². The molecule has 138 valence electrons. The maximum atomic E-state index is 12.0. The molecule has 0 bridgehead atoms. The third-order valence-electron chi connectivity index (χ3n) is 3.92. The molecule has 0 aliphatic carbocycles. The summed E-state index contributed by atoms with van der Waals surface area (Å²) in [6.07, 6.45) is 0. The van der Waals surface area contributed by atoms with Crippen LogP contribution in [0.25, 0.3) is 22.1 Å².